The quantitative estimate of drug-likeness (QED) is 0.368. The van der Waals surface area contributed by atoms with Gasteiger partial charge in [0.25, 0.3) is 0 Å². The van der Waals surface area contributed by atoms with Gasteiger partial charge in [-0.05, 0) is 19.1 Å². The highest BCUT2D eigenvalue weighted by Gasteiger charge is 2.20. The maximum absolute atomic E-state index is 12.1. The summed E-state index contributed by atoms with van der Waals surface area (Å²) in [4.78, 5) is 24.0. The summed E-state index contributed by atoms with van der Waals surface area (Å²) in [6, 6.07) is 9.47. The summed E-state index contributed by atoms with van der Waals surface area (Å²) in [5.41, 5.74) is 0.682. The third-order valence-electron chi connectivity index (χ3n) is 2.82. The van der Waals surface area contributed by atoms with E-state index in [1.165, 1.54) is 31.5 Å². The zero-order chi connectivity index (χ0) is 15.4. The van der Waals surface area contributed by atoms with Crippen molar-refractivity contribution in [1.82, 2.24) is 0 Å². The summed E-state index contributed by atoms with van der Waals surface area (Å²) in [6.45, 7) is 1.51. The van der Waals surface area contributed by atoms with Crippen LogP contribution in [0.2, 0.25) is 0 Å². The summed E-state index contributed by atoms with van der Waals surface area (Å²) in [6.07, 6.45) is 1.48. The van der Waals surface area contributed by atoms with E-state index < -0.39 is 12.1 Å². The molecule has 1 aromatic heterocycles. The van der Waals surface area contributed by atoms with Crippen LogP contribution < -0.4 is 4.73 Å². The third kappa shape index (κ3) is 3.88. The van der Waals surface area contributed by atoms with Gasteiger partial charge in [-0.1, -0.05) is 28.1 Å². The van der Waals surface area contributed by atoms with Gasteiger partial charge in [-0.3, -0.25) is 4.79 Å². The number of pyridine rings is 1. The summed E-state index contributed by atoms with van der Waals surface area (Å²) >= 11 is 3.28. The van der Waals surface area contributed by atoms with Crippen LogP contribution in [0.15, 0.2) is 53.3 Å². The van der Waals surface area contributed by atoms with E-state index >= 15 is 0 Å². The van der Waals surface area contributed by atoms with Crippen molar-refractivity contribution in [3.63, 3.8) is 0 Å². The number of halogens is 1. The van der Waals surface area contributed by atoms with Crippen molar-refractivity contribution in [3.8, 4) is 0 Å². The molecule has 0 bridgehead atoms. The molecule has 108 valence electrons. The van der Waals surface area contributed by atoms with Gasteiger partial charge in [0, 0.05) is 22.2 Å². The van der Waals surface area contributed by atoms with Gasteiger partial charge < -0.3 is 9.94 Å². The van der Waals surface area contributed by atoms with Crippen LogP contribution in [-0.2, 0) is 4.74 Å². The fourth-order valence-electron chi connectivity index (χ4n) is 1.68. The number of esters is 1. The maximum Gasteiger partial charge on any atom is 0.339 e. The molecule has 0 amide bonds. The van der Waals surface area contributed by atoms with E-state index in [-0.39, 0.29) is 11.3 Å². The van der Waals surface area contributed by atoms with Gasteiger partial charge in [0.2, 0.25) is 5.78 Å². The van der Waals surface area contributed by atoms with Crippen LogP contribution in [0.4, 0.5) is 0 Å². The molecule has 2 rings (SSSR count). The first kappa shape index (κ1) is 15.2. The Morgan fingerprint density at radius 2 is 1.67 bits per heavy atom. The Bertz CT molecular complexity index is 652. The van der Waals surface area contributed by atoms with Crippen molar-refractivity contribution in [2.75, 3.05) is 0 Å². The van der Waals surface area contributed by atoms with Crippen LogP contribution in [0.1, 0.15) is 27.6 Å². The minimum Gasteiger partial charge on any atom is -0.619 e. The Kier molecular flexibility index (Phi) is 4.70. The van der Waals surface area contributed by atoms with Crippen molar-refractivity contribution in [3.05, 3.63) is 69.6 Å². The molecule has 0 aliphatic carbocycles. The highest BCUT2D eigenvalue weighted by atomic mass is 79.9. The number of ketones is 1. The summed E-state index contributed by atoms with van der Waals surface area (Å²) in [5.74, 6) is -0.931. The number of carbonyl (C=O) groups is 2. The Balaban J connectivity index is 2.05. The molecule has 0 saturated carbocycles. The smallest absolute Gasteiger partial charge is 0.339 e. The minimum atomic E-state index is -0.904. The first-order chi connectivity index (χ1) is 9.97. The Morgan fingerprint density at radius 1 is 1.10 bits per heavy atom. The maximum atomic E-state index is 12.1. The average molecular weight is 350 g/mol. The van der Waals surface area contributed by atoms with E-state index in [2.05, 4.69) is 15.9 Å². The lowest BCUT2D eigenvalue weighted by Gasteiger charge is -2.12. The number of aromatic nitrogens is 1. The molecular weight excluding hydrogens is 338 g/mol. The molecule has 1 atom stereocenters. The van der Waals surface area contributed by atoms with Crippen LogP contribution >= 0.6 is 15.9 Å². The molecule has 6 heteroatoms. The number of nitrogens with zero attached hydrogens (tertiary/aromatic N) is 1. The van der Waals surface area contributed by atoms with Gasteiger partial charge in [0.15, 0.2) is 18.5 Å². The van der Waals surface area contributed by atoms with E-state index in [1.54, 1.807) is 24.3 Å². The number of rotatable bonds is 4. The Morgan fingerprint density at radius 3 is 2.24 bits per heavy atom. The molecule has 0 radical (unpaired) electrons. The van der Waals surface area contributed by atoms with E-state index in [0.717, 1.165) is 4.47 Å². The largest absolute Gasteiger partial charge is 0.619 e. The zero-order valence-corrected chi connectivity index (χ0v) is 12.7. The number of benzene rings is 1. The van der Waals surface area contributed by atoms with Gasteiger partial charge in [-0.15, -0.1) is 0 Å². The fourth-order valence-corrected chi connectivity index (χ4v) is 1.94. The van der Waals surface area contributed by atoms with Crippen LogP contribution in [0, 0.1) is 5.21 Å². The summed E-state index contributed by atoms with van der Waals surface area (Å²) in [5, 5.41) is 10.9. The van der Waals surface area contributed by atoms with Gasteiger partial charge in [-0.2, -0.15) is 4.73 Å². The van der Waals surface area contributed by atoms with Crippen molar-refractivity contribution in [2.45, 2.75) is 13.0 Å². The average Bonchev–Trinajstić information content (AvgIpc) is 2.47. The first-order valence-corrected chi connectivity index (χ1v) is 6.96. The van der Waals surface area contributed by atoms with Crippen molar-refractivity contribution in [2.24, 2.45) is 0 Å². The molecular formula is C15H12BrNO4. The molecule has 1 heterocycles. The number of hydrogen-bond donors (Lipinski definition) is 0. The second-order valence-corrected chi connectivity index (χ2v) is 5.28. The molecule has 0 fully saturated rings. The van der Waals surface area contributed by atoms with Gasteiger partial charge in [-0.25, -0.2) is 4.79 Å². The normalized spacial score (nSPS) is 11.7. The second kappa shape index (κ2) is 6.49. The van der Waals surface area contributed by atoms with Gasteiger partial charge in [0.05, 0.1) is 5.56 Å². The third-order valence-corrected chi connectivity index (χ3v) is 3.35. The first-order valence-electron chi connectivity index (χ1n) is 6.17. The van der Waals surface area contributed by atoms with Crippen LogP contribution in [0.5, 0.6) is 0 Å². The number of Topliss-reactive ketones (excluding diaryl/α,β-unsaturated/α-hetero) is 1. The van der Waals surface area contributed by atoms with E-state index in [4.69, 9.17) is 4.74 Å². The predicted molar refractivity (Wildman–Crippen MR) is 78.8 cm³/mol. The highest BCUT2D eigenvalue weighted by molar-refractivity contribution is 9.10. The highest BCUT2D eigenvalue weighted by Crippen LogP contribution is 2.13. The number of ether oxygens (including phenoxy) is 1. The summed E-state index contributed by atoms with van der Waals surface area (Å²) in [7, 11) is 0. The molecule has 0 N–H and O–H groups in total. The van der Waals surface area contributed by atoms with Gasteiger partial charge in [0.1, 0.15) is 0 Å². The molecule has 0 aliphatic heterocycles. The molecule has 0 unspecified atom stereocenters. The van der Waals surface area contributed by atoms with E-state index in [0.29, 0.717) is 10.3 Å². The lowest BCUT2D eigenvalue weighted by Crippen LogP contribution is -2.27. The molecule has 0 spiro atoms. The molecule has 0 aliphatic rings. The van der Waals surface area contributed by atoms with Crippen molar-refractivity contribution in [1.29, 1.82) is 0 Å². The SMILES string of the molecule is C[C@H](OC(=O)c1cc[n+]([O-])cc1)C(=O)c1ccc(Br)cc1. The van der Waals surface area contributed by atoms with Crippen molar-refractivity contribution >= 4 is 27.7 Å². The second-order valence-electron chi connectivity index (χ2n) is 4.37. The van der Waals surface area contributed by atoms with Crippen molar-refractivity contribution < 1.29 is 19.1 Å². The summed E-state index contributed by atoms with van der Waals surface area (Å²) < 4.78 is 6.53. The standard InChI is InChI=1S/C15H12BrNO4/c1-10(14(18)11-2-4-13(16)5-3-11)21-15(19)12-6-8-17(20)9-7-12/h2-10H,1H3/t10-/m0/s1. The monoisotopic (exact) mass is 349 g/mol. The molecule has 2 aromatic rings. The number of hydrogen-bond acceptors (Lipinski definition) is 4. The predicted octanol–water partition coefficient (Wildman–Crippen LogP) is 2.51. The molecule has 1 aromatic carbocycles. The minimum absolute atomic E-state index is 0.220. The van der Waals surface area contributed by atoms with Crippen LogP contribution in [-0.4, -0.2) is 17.9 Å². The topological polar surface area (TPSA) is 70.3 Å². The molecule has 5 nitrogen and oxygen atoms in total. The van der Waals surface area contributed by atoms with E-state index in [9.17, 15) is 14.8 Å². The van der Waals surface area contributed by atoms with Crippen LogP contribution in [0.3, 0.4) is 0 Å². The Hall–Kier alpha value is -2.21. The number of carbonyl (C=O) groups excluding carboxylic acids is 2. The molecule has 0 saturated heterocycles. The fraction of sp³-hybridized carbons (Fsp3) is 0.133. The van der Waals surface area contributed by atoms with Gasteiger partial charge >= 0.3 is 5.97 Å². The lowest BCUT2D eigenvalue weighted by atomic mass is 10.1. The Labute approximate surface area is 129 Å². The van der Waals surface area contributed by atoms with Crippen LogP contribution in [0.25, 0.3) is 0 Å². The zero-order valence-electron chi connectivity index (χ0n) is 11.2. The van der Waals surface area contributed by atoms with E-state index in [1.807, 2.05) is 0 Å². The molecule has 21 heavy (non-hydrogen) atoms. The lowest BCUT2D eigenvalue weighted by molar-refractivity contribution is -0.605.